The number of carboxylic acids is 2. The number of nitrogens with one attached hydrogen (secondary N) is 2. The molecule has 4 aliphatic rings. The molecule has 2 spiro atoms. The number of ether oxygens (including phenoxy) is 2. The van der Waals surface area contributed by atoms with Gasteiger partial charge < -0.3 is 40.1 Å². The Balaban J connectivity index is 0.000000202. The highest BCUT2D eigenvalue weighted by Crippen LogP contribution is 2.33. The number of amides is 2. The van der Waals surface area contributed by atoms with Gasteiger partial charge in [0.05, 0.1) is 11.1 Å². The maximum absolute atomic E-state index is 12.2. The zero-order chi connectivity index (χ0) is 38.2. The van der Waals surface area contributed by atoms with Gasteiger partial charge in [-0.25, -0.2) is 19.2 Å². The number of nitrogens with zero attached hydrogens (tertiary/aromatic N) is 4. The first kappa shape index (κ1) is 40.5. The van der Waals surface area contributed by atoms with Crippen LogP contribution in [0.25, 0.3) is 0 Å². The summed E-state index contributed by atoms with van der Waals surface area (Å²) >= 11 is 0. The van der Waals surface area contributed by atoms with E-state index >= 15 is 0 Å². The van der Waals surface area contributed by atoms with Gasteiger partial charge in [-0.1, -0.05) is 60.7 Å². The average molecular weight is 725 g/mol. The van der Waals surface area contributed by atoms with Gasteiger partial charge >= 0.3 is 24.1 Å². The summed E-state index contributed by atoms with van der Waals surface area (Å²) in [6, 6.07) is 21.1. The van der Waals surface area contributed by atoms with Crippen molar-refractivity contribution in [2.24, 2.45) is 0 Å². The van der Waals surface area contributed by atoms with Crippen molar-refractivity contribution in [2.45, 2.75) is 76.9 Å². The second-order valence-electron chi connectivity index (χ2n) is 15.9. The number of likely N-dealkylation sites (tertiary alicyclic amines) is 2. The van der Waals surface area contributed by atoms with Crippen molar-refractivity contribution in [2.75, 3.05) is 65.4 Å². The van der Waals surface area contributed by atoms with E-state index in [0.717, 1.165) is 78.5 Å². The highest BCUT2D eigenvalue weighted by Gasteiger charge is 2.52. The molecule has 52 heavy (non-hydrogen) atoms. The van der Waals surface area contributed by atoms with E-state index in [0.29, 0.717) is 0 Å². The number of rotatable bonds is 4. The summed E-state index contributed by atoms with van der Waals surface area (Å²) in [5.74, 6) is -3.65. The molecule has 4 saturated heterocycles. The van der Waals surface area contributed by atoms with E-state index in [9.17, 15) is 9.59 Å². The van der Waals surface area contributed by atoms with Crippen LogP contribution in [-0.4, -0.2) is 142 Å². The second-order valence-corrected chi connectivity index (χ2v) is 15.9. The van der Waals surface area contributed by atoms with Crippen LogP contribution in [0.3, 0.4) is 0 Å². The summed E-state index contributed by atoms with van der Waals surface area (Å²) in [6.07, 6.45) is -0.401. The smallest absolute Gasteiger partial charge is 0.414 e. The van der Waals surface area contributed by atoms with E-state index in [2.05, 4.69) is 69.0 Å². The molecule has 0 aliphatic carbocycles. The zero-order valence-electron chi connectivity index (χ0n) is 31.4. The van der Waals surface area contributed by atoms with Gasteiger partial charge in [-0.05, 0) is 52.7 Å². The van der Waals surface area contributed by atoms with Crippen molar-refractivity contribution >= 4 is 24.1 Å². The molecule has 0 atom stereocenters. The van der Waals surface area contributed by atoms with Crippen molar-refractivity contribution < 1.29 is 38.9 Å². The summed E-state index contributed by atoms with van der Waals surface area (Å²) in [5.41, 5.74) is 1.87. The molecule has 14 nitrogen and oxygen atoms in total. The van der Waals surface area contributed by atoms with Gasteiger partial charge in [0.15, 0.2) is 0 Å². The number of carbonyl (C=O) groups excluding carboxylic acids is 2. The fraction of sp³-hybridized carbons (Fsp3) is 0.579. The van der Waals surface area contributed by atoms with Crippen LogP contribution >= 0.6 is 0 Å². The normalized spacial score (nSPS) is 19.5. The maximum atomic E-state index is 12.2. The summed E-state index contributed by atoms with van der Waals surface area (Å²) in [7, 11) is 0. The molecule has 0 saturated carbocycles. The Kier molecular flexibility index (Phi) is 13.3. The number of benzene rings is 2. The van der Waals surface area contributed by atoms with E-state index in [1.54, 1.807) is 0 Å². The van der Waals surface area contributed by atoms with Crippen molar-refractivity contribution in [3.63, 3.8) is 0 Å². The van der Waals surface area contributed by atoms with Crippen molar-refractivity contribution in [1.82, 2.24) is 30.2 Å². The molecule has 2 amide bonds. The third-order valence-electron chi connectivity index (χ3n) is 9.23. The maximum Gasteiger partial charge on any atom is 0.414 e. The quantitative estimate of drug-likeness (QED) is 0.341. The Labute approximate surface area is 307 Å². The minimum atomic E-state index is -1.82. The lowest BCUT2D eigenvalue weighted by atomic mass is 9.85. The third kappa shape index (κ3) is 11.4. The van der Waals surface area contributed by atoms with Crippen molar-refractivity contribution in [3.05, 3.63) is 71.8 Å². The first-order chi connectivity index (χ1) is 24.4. The monoisotopic (exact) mass is 724 g/mol. The molecule has 4 heterocycles. The minimum Gasteiger partial charge on any atom is -0.473 e. The van der Waals surface area contributed by atoms with Crippen LogP contribution in [0.4, 0.5) is 9.59 Å². The van der Waals surface area contributed by atoms with Gasteiger partial charge in [0.1, 0.15) is 11.2 Å². The van der Waals surface area contributed by atoms with Gasteiger partial charge in [-0.3, -0.25) is 9.80 Å². The topological polar surface area (TPSA) is 164 Å². The van der Waals surface area contributed by atoms with Gasteiger partial charge in [0.2, 0.25) is 0 Å². The molecular formula is C38H56N6O8. The Bertz CT molecular complexity index is 1390. The minimum absolute atomic E-state index is 0.0466. The molecule has 6 rings (SSSR count). The van der Waals surface area contributed by atoms with Gasteiger partial charge in [0, 0.05) is 78.5 Å². The molecule has 4 fully saturated rings. The molecular weight excluding hydrogens is 668 g/mol. The van der Waals surface area contributed by atoms with Gasteiger partial charge in [0.25, 0.3) is 0 Å². The van der Waals surface area contributed by atoms with Crippen LogP contribution < -0.4 is 10.6 Å². The van der Waals surface area contributed by atoms with Crippen LogP contribution in [0.2, 0.25) is 0 Å². The Hall–Kier alpha value is -4.24. The largest absolute Gasteiger partial charge is 0.473 e. The van der Waals surface area contributed by atoms with Crippen LogP contribution in [-0.2, 0) is 32.2 Å². The lowest BCUT2D eigenvalue weighted by Gasteiger charge is -2.57. The summed E-state index contributed by atoms with van der Waals surface area (Å²) in [4.78, 5) is 51.3. The van der Waals surface area contributed by atoms with Crippen LogP contribution in [0.15, 0.2) is 60.7 Å². The molecule has 0 radical (unpaired) electrons. The van der Waals surface area contributed by atoms with E-state index in [4.69, 9.17) is 29.3 Å². The van der Waals surface area contributed by atoms with E-state index in [1.165, 1.54) is 11.1 Å². The van der Waals surface area contributed by atoms with Gasteiger partial charge in [-0.15, -0.1) is 0 Å². The van der Waals surface area contributed by atoms with Gasteiger partial charge in [-0.2, -0.15) is 0 Å². The highest BCUT2D eigenvalue weighted by atomic mass is 16.6. The number of hydrogen-bond donors (Lipinski definition) is 4. The Morgan fingerprint density at radius 1 is 0.615 bits per heavy atom. The average Bonchev–Trinajstić information content (AvgIpc) is 3.03. The Morgan fingerprint density at radius 3 is 1.23 bits per heavy atom. The molecule has 2 aromatic rings. The molecule has 4 N–H and O–H groups in total. The lowest BCUT2D eigenvalue weighted by Crippen LogP contribution is -2.77. The fourth-order valence-corrected chi connectivity index (χ4v) is 6.73. The van der Waals surface area contributed by atoms with Crippen molar-refractivity contribution in [1.29, 1.82) is 0 Å². The molecule has 4 aliphatic heterocycles. The molecule has 0 unspecified atom stereocenters. The molecule has 286 valence electrons. The number of carboxylic acid groups (broad SMARTS) is 2. The summed E-state index contributed by atoms with van der Waals surface area (Å²) < 4.78 is 11.0. The fourth-order valence-electron chi connectivity index (χ4n) is 6.73. The Morgan fingerprint density at radius 2 is 0.942 bits per heavy atom. The second kappa shape index (κ2) is 17.1. The predicted octanol–water partition coefficient (Wildman–Crippen LogP) is 3.32. The SMILES string of the molecule is CC(C)(C)OC(=O)N1CC2(CNCCN2Cc2ccccc2)C1.CC(C)(C)OC(=O)N1CC2(CNCCN2Cc2ccccc2)C1.O=C(O)C(=O)O. The summed E-state index contributed by atoms with van der Waals surface area (Å²) in [6.45, 7) is 22.1. The lowest BCUT2D eigenvalue weighted by molar-refractivity contribution is -0.159. The predicted molar refractivity (Wildman–Crippen MR) is 196 cm³/mol. The first-order valence-corrected chi connectivity index (χ1v) is 17.8. The standard InChI is InChI=1S/2C18H27N3O2.C2H2O4/c2*1-17(2,3)23-16(22)20-13-18(14-20)12-19-9-10-21(18)11-15-7-5-4-6-8-15;3-1(4)2(5)6/h2*4-8,19H,9-14H2,1-3H3;(H,3,4)(H,5,6). The number of piperazine rings is 2. The number of aliphatic carboxylic acids is 2. The molecule has 14 heteroatoms. The van der Waals surface area contributed by atoms with E-state index in [1.807, 2.05) is 63.5 Å². The van der Waals surface area contributed by atoms with Crippen LogP contribution in [0.1, 0.15) is 52.7 Å². The van der Waals surface area contributed by atoms with Crippen LogP contribution in [0, 0.1) is 0 Å². The van der Waals surface area contributed by atoms with E-state index < -0.39 is 23.1 Å². The highest BCUT2D eigenvalue weighted by molar-refractivity contribution is 6.27. The third-order valence-corrected chi connectivity index (χ3v) is 9.23. The van der Waals surface area contributed by atoms with E-state index in [-0.39, 0.29) is 23.3 Å². The number of carbonyl (C=O) groups is 4. The number of hydrogen-bond acceptors (Lipinski definition) is 10. The zero-order valence-corrected chi connectivity index (χ0v) is 31.4. The summed E-state index contributed by atoms with van der Waals surface area (Å²) in [5, 5.41) is 21.7. The van der Waals surface area contributed by atoms with Crippen LogP contribution in [0.5, 0.6) is 0 Å². The molecule has 0 aromatic heterocycles. The molecule has 2 aromatic carbocycles. The molecule has 0 bridgehead atoms. The first-order valence-electron chi connectivity index (χ1n) is 17.8. The van der Waals surface area contributed by atoms with Crippen molar-refractivity contribution in [3.8, 4) is 0 Å².